The summed E-state index contributed by atoms with van der Waals surface area (Å²) in [4.78, 5) is 15.3. The normalized spacial score (nSPS) is 12.3. The van der Waals surface area contributed by atoms with Crippen molar-refractivity contribution >= 4 is 33.6 Å². The molecule has 4 nitrogen and oxygen atoms in total. The first kappa shape index (κ1) is 13.2. The molecule has 0 bridgehead atoms. The first-order chi connectivity index (χ1) is 8.58. The summed E-state index contributed by atoms with van der Waals surface area (Å²) in [7, 11) is 0. The zero-order valence-corrected chi connectivity index (χ0v) is 12.1. The van der Waals surface area contributed by atoms with Crippen LogP contribution in [0, 0.1) is 0 Å². The maximum absolute atomic E-state index is 11.1. The number of rotatable bonds is 4. The van der Waals surface area contributed by atoms with Gasteiger partial charge in [-0.2, -0.15) is 0 Å². The van der Waals surface area contributed by atoms with E-state index in [4.69, 9.17) is 5.73 Å². The lowest BCUT2D eigenvalue weighted by Crippen LogP contribution is -2.22. The molecular formula is C12H12BrN3OS. The quantitative estimate of drug-likeness (QED) is 0.879. The lowest BCUT2D eigenvalue weighted by atomic mass is 10.3. The summed E-state index contributed by atoms with van der Waals surface area (Å²) >= 11 is 4.74. The number of nitrogens with two attached hydrogens (primary N) is 1. The third-order valence-corrected chi connectivity index (χ3v) is 4.02. The molecule has 0 aliphatic carbocycles. The van der Waals surface area contributed by atoms with Gasteiger partial charge in [-0.05, 0) is 31.2 Å². The molecule has 1 atom stereocenters. The molecule has 94 valence electrons. The fourth-order valence-electron chi connectivity index (χ4n) is 1.39. The third-order valence-electron chi connectivity index (χ3n) is 2.39. The van der Waals surface area contributed by atoms with Crippen LogP contribution in [0.15, 0.2) is 46.3 Å². The highest BCUT2D eigenvalue weighted by Crippen LogP contribution is 2.24. The lowest BCUT2D eigenvalue weighted by Gasteiger charge is -2.10. The second kappa shape index (κ2) is 5.58. The summed E-state index contributed by atoms with van der Waals surface area (Å²) in [6, 6.07) is 7.87. The number of imidazole rings is 1. The summed E-state index contributed by atoms with van der Waals surface area (Å²) in [5, 5.41) is 0.449. The van der Waals surface area contributed by atoms with Crippen LogP contribution < -0.4 is 5.73 Å². The van der Waals surface area contributed by atoms with Crippen LogP contribution in [0.25, 0.3) is 5.69 Å². The van der Waals surface area contributed by atoms with E-state index >= 15 is 0 Å². The molecule has 0 unspecified atom stereocenters. The Kier molecular flexibility index (Phi) is 4.08. The molecule has 0 radical (unpaired) electrons. The SMILES string of the molecule is C[C@@H](Sc1nccn1-c1ccc(Br)cc1)C(N)=O. The van der Waals surface area contributed by atoms with E-state index in [0.717, 1.165) is 15.3 Å². The number of hydrogen-bond donors (Lipinski definition) is 1. The number of nitrogens with zero attached hydrogens (tertiary/aromatic N) is 2. The molecule has 0 saturated heterocycles. The van der Waals surface area contributed by atoms with Crippen LogP contribution in [0.5, 0.6) is 0 Å². The molecule has 1 amide bonds. The van der Waals surface area contributed by atoms with Gasteiger partial charge in [0.25, 0.3) is 0 Å². The molecule has 0 spiro atoms. The number of hydrogen-bond acceptors (Lipinski definition) is 3. The van der Waals surface area contributed by atoms with Crippen molar-refractivity contribution in [2.75, 3.05) is 0 Å². The van der Waals surface area contributed by atoms with E-state index in [2.05, 4.69) is 20.9 Å². The van der Waals surface area contributed by atoms with E-state index in [1.165, 1.54) is 11.8 Å². The molecule has 0 aliphatic heterocycles. The molecule has 2 aromatic rings. The van der Waals surface area contributed by atoms with Crippen molar-refractivity contribution in [3.63, 3.8) is 0 Å². The molecule has 18 heavy (non-hydrogen) atoms. The van der Waals surface area contributed by atoms with Gasteiger partial charge >= 0.3 is 0 Å². The highest BCUT2D eigenvalue weighted by atomic mass is 79.9. The van der Waals surface area contributed by atoms with Gasteiger partial charge < -0.3 is 5.73 Å². The summed E-state index contributed by atoms with van der Waals surface area (Å²) in [5.41, 5.74) is 6.25. The number of primary amides is 1. The number of carbonyl (C=O) groups is 1. The van der Waals surface area contributed by atoms with Crippen molar-refractivity contribution in [1.29, 1.82) is 0 Å². The highest BCUT2D eigenvalue weighted by molar-refractivity contribution is 9.10. The van der Waals surface area contributed by atoms with Gasteiger partial charge in [0.15, 0.2) is 5.16 Å². The van der Waals surface area contributed by atoms with Gasteiger partial charge in [0.05, 0.1) is 5.25 Å². The van der Waals surface area contributed by atoms with Crippen LogP contribution >= 0.6 is 27.7 Å². The number of thioether (sulfide) groups is 1. The lowest BCUT2D eigenvalue weighted by molar-refractivity contribution is -0.117. The van der Waals surface area contributed by atoms with Crippen molar-refractivity contribution in [3.05, 3.63) is 41.1 Å². The number of halogens is 1. The molecule has 2 rings (SSSR count). The standard InChI is InChI=1S/C12H12BrN3OS/c1-8(11(14)17)18-12-15-6-7-16(12)10-4-2-9(13)3-5-10/h2-8H,1H3,(H2,14,17)/t8-/m1/s1. The molecule has 1 aromatic carbocycles. The van der Waals surface area contributed by atoms with Crippen LogP contribution in [-0.4, -0.2) is 20.7 Å². The van der Waals surface area contributed by atoms with Gasteiger partial charge in [0.2, 0.25) is 5.91 Å². The van der Waals surface area contributed by atoms with Crippen molar-refractivity contribution < 1.29 is 4.79 Å². The second-order valence-electron chi connectivity index (χ2n) is 3.72. The van der Waals surface area contributed by atoms with Crippen LogP contribution in [0.2, 0.25) is 0 Å². The molecule has 0 saturated carbocycles. The summed E-state index contributed by atoms with van der Waals surface area (Å²) in [6.45, 7) is 1.77. The number of aromatic nitrogens is 2. The van der Waals surface area contributed by atoms with E-state index in [1.807, 2.05) is 35.0 Å². The first-order valence-corrected chi connectivity index (χ1v) is 7.00. The minimum Gasteiger partial charge on any atom is -0.369 e. The fourth-order valence-corrected chi connectivity index (χ4v) is 2.49. The average molecular weight is 326 g/mol. The Morgan fingerprint density at radius 3 is 2.72 bits per heavy atom. The molecular weight excluding hydrogens is 314 g/mol. The van der Waals surface area contributed by atoms with E-state index in [1.54, 1.807) is 13.1 Å². The zero-order valence-electron chi connectivity index (χ0n) is 9.71. The summed E-state index contributed by atoms with van der Waals surface area (Å²) in [5.74, 6) is -0.342. The average Bonchev–Trinajstić information content (AvgIpc) is 2.78. The fraction of sp³-hybridized carbons (Fsp3) is 0.167. The first-order valence-electron chi connectivity index (χ1n) is 5.33. The Morgan fingerprint density at radius 2 is 2.11 bits per heavy atom. The molecule has 2 N–H and O–H groups in total. The molecule has 0 aliphatic rings. The van der Waals surface area contributed by atoms with Crippen molar-refractivity contribution in [3.8, 4) is 5.69 Å². The van der Waals surface area contributed by atoms with Crippen LogP contribution in [0.4, 0.5) is 0 Å². The largest absolute Gasteiger partial charge is 0.369 e. The summed E-state index contributed by atoms with van der Waals surface area (Å²) in [6.07, 6.45) is 3.57. The molecule has 1 heterocycles. The van der Waals surface area contributed by atoms with Crippen molar-refractivity contribution in [2.45, 2.75) is 17.3 Å². The Labute approximate surface area is 118 Å². The molecule has 0 fully saturated rings. The Hall–Kier alpha value is -1.27. The van der Waals surface area contributed by atoms with E-state index in [9.17, 15) is 4.79 Å². The van der Waals surface area contributed by atoms with Gasteiger partial charge in [-0.1, -0.05) is 27.7 Å². The Bertz CT molecular complexity index is 553. The summed E-state index contributed by atoms with van der Waals surface area (Å²) < 4.78 is 2.95. The predicted molar refractivity (Wildman–Crippen MR) is 75.8 cm³/mol. The second-order valence-corrected chi connectivity index (χ2v) is 5.94. The number of benzene rings is 1. The maximum Gasteiger partial charge on any atom is 0.230 e. The van der Waals surface area contributed by atoms with Crippen LogP contribution in [0.3, 0.4) is 0 Å². The Morgan fingerprint density at radius 1 is 1.44 bits per heavy atom. The number of amides is 1. The predicted octanol–water partition coefficient (Wildman–Crippen LogP) is 2.60. The van der Waals surface area contributed by atoms with Gasteiger partial charge in [-0.25, -0.2) is 4.98 Å². The van der Waals surface area contributed by atoms with Crippen LogP contribution in [-0.2, 0) is 4.79 Å². The zero-order chi connectivity index (χ0) is 13.1. The third kappa shape index (κ3) is 2.94. The molecule has 1 aromatic heterocycles. The minimum atomic E-state index is -0.342. The molecule has 6 heteroatoms. The highest BCUT2D eigenvalue weighted by Gasteiger charge is 2.14. The maximum atomic E-state index is 11.1. The van der Waals surface area contributed by atoms with E-state index in [0.29, 0.717) is 0 Å². The smallest absolute Gasteiger partial charge is 0.230 e. The Balaban J connectivity index is 2.27. The van der Waals surface area contributed by atoms with Crippen LogP contribution in [0.1, 0.15) is 6.92 Å². The van der Waals surface area contributed by atoms with Crippen molar-refractivity contribution in [1.82, 2.24) is 9.55 Å². The van der Waals surface area contributed by atoms with Gasteiger partial charge in [-0.15, -0.1) is 0 Å². The topological polar surface area (TPSA) is 60.9 Å². The van der Waals surface area contributed by atoms with Gasteiger partial charge in [-0.3, -0.25) is 9.36 Å². The van der Waals surface area contributed by atoms with Gasteiger partial charge in [0, 0.05) is 22.6 Å². The number of carbonyl (C=O) groups excluding carboxylic acids is 1. The van der Waals surface area contributed by atoms with Gasteiger partial charge in [0.1, 0.15) is 0 Å². The van der Waals surface area contributed by atoms with E-state index < -0.39 is 0 Å². The monoisotopic (exact) mass is 325 g/mol. The minimum absolute atomic E-state index is 0.304. The van der Waals surface area contributed by atoms with Crippen molar-refractivity contribution in [2.24, 2.45) is 5.73 Å². The van der Waals surface area contributed by atoms with E-state index in [-0.39, 0.29) is 11.2 Å².